The molecule has 0 heterocycles. The third kappa shape index (κ3) is 7.34. The summed E-state index contributed by atoms with van der Waals surface area (Å²) in [6.45, 7) is 6.27. The van der Waals surface area contributed by atoms with Crippen molar-refractivity contribution >= 4 is 41.4 Å². The topological polar surface area (TPSA) is 69.6 Å². The zero-order chi connectivity index (χ0) is 17.6. The van der Waals surface area contributed by atoms with Gasteiger partial charge in [0.25, 0.3) is 0 Å². The number of carbonyl (C=O) groups is 2. The van der Waals surface area contributed by atoms with E-state index < -0.39 is 12.0 Å². The number of carbonyl (C=O) groups excluding carboxylic acids is 1. The molecule has 0 fully saturated rings. The molecule has 0 aliphatic carbocycles. The van der Waals surface area contributed by atoms with Gasteiger partial charge >= 0.3 is 5.97 Å². The molecule has 0 saturated carbocycles. The van der Waals surface area contributed by atoms with Crippen LogP contribution in [0.2, 0.25) is 0 Å². The van der Waals surface area contributed by atoms with Crippen molar-refractivity contribution in [2.45, 2.75) is 39.2 Å². The number of likely N-dealkylation sites (N-methyl/N-ethyl adjacent to an activating group) is 1. The Labute approximate surface area is 167 Å². The summed E-state index contributed by atoms with van der Waals surface area (Å²) in [5.74, 6) is -0.809. The van der Waals surface area contributed by atoms with Gasteiger partial charge in [0.2, 0.25) is 5.91 Å². The Morgan fingerprint density at radius 3 is 2.08 bits per heavy atom. The number of aliphatic carboxylic acids is 1. The molecule has 0 aliphatic rings. The summed E-state index contributed by atoms with van der Waals surface area (Å²) in [7, 11) is 3.36. The zero-order valence-electron chi connectivity index (χ0n) is 15.7. The first kappa shape index (κ1) is 23.1. The van der Waals surface area contributed by atoms with Gasteiger partial charge in [-0.15, -0.1) is 0 Å². The number of amides is 1. The number of carboxylic acid groups (broad SMARTS) is 1. The zero-order valence-corrected chi connectivity index (χ0v) is 17.7. The molecule has 0 aromatic heterocycles. The van der Waals surface area contributed by atoms with E-state index in [0.717, 1.165) is 12.0 Å². The molecule has 5 nitrogen and oxygen atoms in total. The Morgan fingerprint density at radius 2 is 1.67 bits per heavy atom. The Bertz CT molecular complexity index is 530. The quantitative estimate of drug-likeness (QED) is 0.706. The van der Waals surface area contributed by atoms with Crippen molar-refractivity contribution in [2.24, 2.45) is 5.92 Å². The average Bonchev–Trinajstić information content (AvgIpc) is 2.46. The fourth-order valence-corrected chi connectivity index (χ4v) is 2.41. The second-order valence-electron chi connectivity index (χ2n) is 6.62. The average molecular weight is 343 g/mol. The first-order chi connectivity index (χ1) is 10.7. The molecular formula is C18H28N2NaO3. The van der Waals surface area contributed by atoms with E-state index in [1.807, 2.05) is 19.1 Å². The van der Waals surface area contributed by atoms with Gasteiger partial charge in [0, 0.05) is 36.1 Å². The van der Waals surface area contributed by atoms with Gasteiger partial charge in [0.1, 0.15) is 6.04 Å². The predicted octanol–water partition coefficient (Wildman–Crippen LogP) is 1.74. The van der Waals surface area contributed by atoms with E-state index in [1.165, 1.54) is 5.56 Å². The van der Waals surface area contributed by atoms with Gasteiger partial charge in [-0.3, -0.25) is 14.5 Å². The Morgan fingerprint density at radius 1 is 1.12 bits per heavy atom. The minimum absolute atomic E-state index is 0. The summed E-state index contributed by atoms with van der Waals surface area (Å²) >= 11 is 0. The molecule has 1 radical (unpaired) electrons. The van der Waals surface area contributed by atoms with Crippen LogP contribution in [0.5, 0.6) is 0 Å². The minimum atomic E-state index is -0.944. The van der Waals surface area contributed by atoms with Gasteiger partial charge in [-0.2, -0.15) is 0 Å². The molecule has 0 bridgehead atoms. The van der Waals surface area contributed by atoms with E-state index in [4.69, 9.17) is 5.11 Å². The van der Waals surface area contributed by atoms with Crippen LogP contribution in [-0.2, 0) is 16.0 Å². The van der Waals surface area contributed by atoms with Crippen LogP contribution in [0.25, 0.3) is 0 Å². The number of carboxylic acids is 1. The SMILES string of the molecule is CC(C)Cc1ccc(C(C)C(=O)NCC(C(=O)O)N(C)C)cc1.[Na]. The first-order valence-electron chi connectivity index (χ1n) is 7.98. The van der Waals surface area contributed by atoms with E-state index in [-0.39, 0.29) is 47.9 Å². The Balaban J connectivity index is 0.00000529. The third-order valence-electron chi connectivity index (χ3n) is 3.90. The number of rotatable bonds is 8. The van der Waals surface area contributed by atoms with E-state index in [9.17, 15) is 9.59 Å². The molecular weight excluding hydrogens is 315 g/mol. The summed E-state index contributed by atoms with van der Waals surface area (Å²) < 4.78 is 0. The molecule has 129 valence electrons. The molecule has 1 aromatic carbocycles. The maximum absolute atomic E-state index is 12.2. The molecule has 2 N–H and O–H groups in total. The molecule has 1 aromatic rings. The van der Waals surface area contributed by atoms with Crippen molar-refractivity contribution in [3.05, 3.63) is 35.4 Å². The van der Waals surface area contributed by atoms with Gasteiger partial charge in [-0.05, 0) is 44.5 Å². The van der Waals surface area contributed by atoms with Crippen molar-refractivity contribution < 1.29 is 14.7 Å². The monoisotopic (exact) mass is 343 g/mol. The molecule has 0 aliphatic heterocycles. The van der Waals surface area contributed by atoms with Gasteiger partial charge in [0.15, 0.2) is 0 Å². The van der Waals surface area contributed by atoms with Crippen molar-refractivity contribution in [2.75, 3.05) is 20.6 Å². The van der Waals surface area contributed by atoms with Crippen LogP contribution in [-0.4, -0.2) is 78.1 Å². The molecule has 0 saturated heterocycles. The van der Waals surface area contributed by atoms with E-state index in [0.29, 0.717) is 5.92 Å². The van der Waals surface area contributed by atoms with Crippen LogP contribution in [0.3, 0.4) is 0 Å². The van der Waals surface area contributed by atoms with Gasteiger partial charge < -0.3 is 10.4 Å². The second-order valence-corrected chi connectivity index (χ2v) is 6.62. The van der Waals surface area contributed by atoms with Crippen LogP contribution in [0.1, 0.15) is 37.8 Å². The number of hydrogen-bond donors (Lipinski definition) is 2. The van der Waals surface area contributed by atoms with E-state index >= 15 is 0 Å². The molecule has 2 unspecified atom stereocenters. The van der Waals surface area contributed by atoms with Gasteiger partial charge in [0.05, 0.1) is 5.92 Å². The van der Waals surface area contributed by atoms with Crippen molar-refractivity contribution in [1.82, 2.24) is 10.2 Å². The van der Waals surface area contributed by atoms with E-state index in [2.05, 4.69) is 31.3 Å². The second kappa shape index (κ2) is 10.9. The third-order valence-corrected chi connectivity index (χ3v) is 3.90. The number of nitrogens with one attached hydrogen (secondary N) is 1. The van der Waals surface area contributed by atoms with Gasteiger partial charge in [-0.25, -0.2) is 0 Å². The largest absolute Gasteiger partial charge is 0.480 e. The summed E-state index contributed by atoms with van der Waals surface area (Å²) in [5, 5.41) is 11.9. The number of benzene rings is 1. The van der Waals surface area contributed by atoms with Crippen molar-refractivity contribution in [3.8, 4) is 0 Å². The normalized spacial score (nSPS) is 13.3. The first-order valence-corrected chi connectivity index (χ1v) is 7.98. The number of hydrogen-bond acceptors (Lipinski definition) is 3. The standard InChI is InChI=1S/C18H28N2O3.Na/c1-12(2)10-14-6-8-15(9-7-14)13(3)17(21)19-11-16(18(22)23)20(4)5;/h6-9,12-13,16H,10-11H2,1-5H3,(H,19,21)(H,22,23);. The van der Waals surface area contributed by atoms with E-state index in [1.54, 1.807) is 19.0 Å². The summed E-state index contributed by atoms with van der Waals surface area (Å²) in [6, 6.07) is 7.34. The van der Waals surface area contributed by atoms with Crippen LogP contribution in [0, 0.1) is 5.92 Å². The molecule has 24 heavy (non-hydrogen) atoms. The van der Waals surface area contributed by atoms with Crippen molar-refractivity contribution in [1.29, 1.82) is 0 Å². The van der Waals surface area contributed by atoms with Crippen LogP contribution in [0.15, 0.2) is 24.3 Å². The predicted molar refractivity (Wildman–Crippen MR) is 97.3 cm³/mol. The maximum atomic E-state index is 12.2. The van der Waals surface area contributed by atoms with Crippen molar-refractivity contribution in [3.63, 3.8) is 0 Å². The minimum Gasteiger partial charge on any atom is -0.480 e. The van der Waals surface area contributed by atoms with Crippen LogP contribution < -0.4 is 5.32 Å². The Hall–Kier alpha value is -0.880. The number of nitrogens with zero attached hydrogens (tertiary/aromatic N) is 1. The fraction of sp³-hybridized carbons (Fsp3) is 0.556. The molecule has 2 atom stereocenters. The Kier molecular flexibility index (Phi) is 10.5. The summed E-state index contributed by atoms with van der Waals surface area (Å²) in [4.78, 5) is 24.9. The summed E-state index contributed by atoms with van der Waals surface area (Å²) in [5.41, 5.74) is 2.20. The molecule has 1 amide bonds. The molecule has 0 spiro atoms. The fourth-order valence-electron chi connectivity index (χ4n) is 2.41. The van der Waals surface area contributed by atoms with Crippen LogP contribution in [0.4, 0.5) is 0 Å². The van der Waals surface area contributed by atoms with Gasteiger partial charge in [-0.1, -0.05) is 38.1 Å². The van der Waals surface area contributed by atoms with Crippen LogP contribution >= 0.6 is 0 Å². The smallest absolute Gasteiger partial charge is 0.322 e. The summed E-state index contributed by atoms with van der Waals surface area (Å²) in [6.07, 6.45) is 1.02. The molecule has 6 heteroatoms. The maximum Gasteiger partial charge on any atom is 0.322 e. The molecule has 1 rings (SSSR count).